The summed E-state index contributed by atoms with van der Waals surface area (Å²) in [6.07, 6.45) is 0.835. The number of rotatable bonds is 6. The molecule has 0 saturated carbocycles. The Morgan fingerprint density at radius 3 is 2.65 bits per heavy atom. The van der Waals surface area contributed by atoms with Crippen LogP contribution in [-0.2, 0) is 4.79 Å². The van der Waals surface area contributed by atoms with Crippen molar-refractivity contribution in [2.45, 2.75) is 40.2 Å². The summed E-state index contributed by atoms with van der Waals surface area (Å²) in [6, 6.07) is -0.254. The van der Waals surface area contributed by atoms with Crippen LogP contribution in [0.5, 0.6) is 0 Å². The number of carboxylic acids is 1. The number of fused-ring (bicyclic) bond motifs is 1. The molecule has 2 aromatic heterocycles. The van der Waals surface area contributed by atoms with Gasteiger partial charge in [-0.1, -0.05) is 6.92 Å². The average Bonchev–Trinajstić information content (AvgIpc) is 2.72. The average molecular weight is 360 g/mol. The number of carbonyl (C=O) groups is 1. The van der Waals surface area contributed by atoms with Gasteiger partial charge < -0.3 is 10.1 Å². The van der Waals surface area contributed by atoms with E-state index in [1.165, 1.54) is 11.3 Å². The molecular weight excluding hydrogens is 338 g/mol. The fourth-order valence-corrected chi connectivity index (χ4v) is 3.55. The van der Waals surface area contributed by atoms with Gasteiger partial charge >= 0.3 is 5.97 Å². The number of hydrogen-bond donors (Lipinski definition) is 2. The monoisotopic (exact) mass is 359 g/mol. The molecule has 23 heavy (non-hydrogen) atoms. The van der Waals surface area contributed by atoms with Crippen LogP contribution in [0.4, 0.5) is 0 Å². The Morgan fingerprint density at radius 2 is 2.09 bits per heavy atom. The zero-order valence-electron chi connectivity index (χ0n) is 13.7. The fraction of sp³-hybridized carbons (Fsp3) is 0.533. The number of thiophene rings is 1. The Kier molecular flexibility index (Phi) is 6.73. The summed E-state index contributed by atoms with van der Waals surface area (Å²) in [7, 11) is 0. The summed E-state index contributed by atoms with van der Waals surface area (Å²) >= 11 is 1.50. The Balaban J connectivity index is 0.00000264. The van der Waals surface area contributed by atoms with E-state index >= 15 is 0 Å². The molecule has 2 aromatic rings. The van der Waals surface area contributed by atoms with E-state index in [0.29, 0.717) is 22.6 Å². The van der Waals surface area contributed by atoms with Crippen LogP contribution < -0.4 is 5.56 Å². The molecule has 6 nitrogen and oxygen atoms in total. The van der Waals surface area contributed by atoms with Crippen molar-refractivity contribution in [2.75, 3.05) is 13.1 Å². The molecule has 8 heteroatoms. The molecule has 0 amide bonds. The maximum atomic E-state index is 12.3. The van der Waals surface area contributed by atoms with Crippen molar-refractivity contribution < 1.29 is 9.90 Å². The fourth-order valence-electron chi connectivity index (χ4n) is 2.51. The summed E-state index contributed by atoms with van der Waals surface area (Å²) in [5.74, 6) is -0.361. The molecule has 0 saturated heterocycles. The van der Waals surface area contributed by atoms with E-state index in [2.05, 4.69) is 9.97 Å². The first-order valence-corrected chi connectivity index (χ1v) is 8.12. The number of aromatic amines is 1. The van der Waals surface area contributed by atoms with Crippen molar-refractivity contribution in [3.05, 3.63) is 26.6 Å². The minimum Gasteiger partial charge on any atom is -0.480 e. The molecule has 0 aliphatic carbocycles. The van der Waals surface area contributed by atoms with Gasteiger partial charge in [0.05, 0.1) is 18.0 Å². The molecule has 0 fully saturated rings. The number of aryl methyl sites for hydroxylation is 2. The summed E-state index contributed by atoms with van der Waals surface area (Å²) in [5.41, 5.74) is 0.810. The number of nitrogens with one attached hydrogen (secondary N) is 1. The molecule has 128 valence electrons. The van der Waals surface area contributed by atoms with Gasteiger partial charge in [-0.3, -0.25) is 14.5 Å². The van der Waals surface area contributed by atoms with Crippen LogP contribution in [0.3, 0.4) is 0 Å². The predicted octanol–water partition coefficient (Wildman–Crippen LogP) is 2.88. The Hall–Kier alpha value is -1.44. The van der Waals surface area contributed by atoms with Gasteiger partial charge in [0, 0.05) is 4.88 Å². The highest BCUT2D eigenvalue weighted by Gasteiger charge is 2.21. The number of carboxylic acid groups (broad SMARTS) is 1. The zero-order chi connectivity index (χ0) is 16.4. The third-order valence-corrected chi connectivity index (χ3v) is 4.95. The van der Waals surface area contributed by atoms with Crippen molar-refractivity contribution in [3.8, 4) is 0 Å². The van der Waals surface area contributed by atoms with Crippen molar-refractivity contribution in [1.82, 2.24) is 14.9 Å². The number of aromatic nitrogens is 2. The van der Waals surface area contributed by atoms with Crippen molar-refractivity contribution in [2.24, 2.45) is 0 Å². The second-order valence-corrected chi connectivity index (χ2v) is 6.66. The second kappa shape index (κ2) is 7.90. The van der Waals surface area contributed by atoms with E-state index in [1.807, 2.05) is 27.7 Å². The highest BCUT2D eigenvalue weighted by atomic mass is 35.5. The van der Waals surface area contributed by atoms with Crippen molar-refractivity contribution in [1.29, 1.82) is 0 Å². The van der Waals surface area contributed by atoms with E-state index in [9.17, 15) is 9.59 Å². The predicted molar refractivity (Wildman–Crippen MR) is 94.9 cm³/mol. The van der Waals surface area contributed by atoms with Gasteiger partial charge in [0.25, 0.3) is 5.56 Å². The number of nitrogens with zero attached hydrogens (tertiary/aromatic N) is 2. The Labute approximate surface area is 145 Å². The molecule has 1 atom stereocenters. The molecule has 0 aliphatic rings. The first-order chi connectivity index (χ1) is 10.3. The summed E-state index contributed by atoms with van der Waals surface area (Å²) in [5, 5.41) is 9.68. The van der Waals surface area contributed by atoms with E-state index in [1.54, 1.807) is 4.90 Å². The summed E-state index contributed by atoms with van der Waals surface area (Å²) in [6.45, 7) is 8.32. The standard InChI is InChI=1S/C15H21N3O3S.ClH/c1-5-6-18(7-11(19)20)9(3)13-16-14(21)12-8(2)10(4)22-15(12)17-13;/h9H,5-7H2,1-4H3,(H,19,20)(H,16,17,21);1H. The number of halogens is 1. The number of H-pyrrole nitrogens is 1. The molecule has 0 aliphatic heterocycles. The number of hydrogen-bond acceptors (Lipinski definition) is 5. The normalized spacial score (nSPS) is 12.4. The largest absolute Gasteiger partial charge is 0.480 e. The highest BCUT2D eigenvalue weighted by molar-refractivity contribution is 7.18. The van der Waals surface area contributed by atoms with E-state index in [4.69, 9.17) is 5.11 Å². The van der Waals surface area contributed by atoms with Crippen LogP contribution in [0.15, 0.2) is 4.79 Å². The number of aliphatic carboxylic acids is 1. The van der Waals surface area contributed by atoms with Gasteiger partial charge in [-0.2, -0.15) is 0 Å². The van der Waals surface area contributed by atoms with Gasteiger partial charge in [-0.05, 0) is 39.3 Å². The Bertz CT molecular complexity index is 756. The topological polar surface area (TPSA) is 86.3 Å². The van der Waals surface area contributed by atoms with Gasteiger partial charge in [-0.25, -0.2) is 4.98 Å². The van der Waals surface area contributed by atoms with E-state index in [0.717, 1.165) is 16.9 Å². The van der Waals surface area contributed by atoms with Crippen molar-refractivity contribution in [3.63, 3.8) is 0 Å². The maximum absolute atomic E-state index is 12.3. The zero-order valence-corrected chi connectivity index (χ0v) is 15.3. The van der Waals surface area contributed by atoms with Crippen LogP contribution in [0.25, 0.3) is 10.2 Å². The molecule has 2 heterocycles. The van der Waals surface area contributed by atoms with Crippen LogP contribution in [0, 0.1) is 13.8 Å². The van der Waals surface area contributed by atoms with Gasteiger partial charge in [0.2, 0.25) is 0 Å². The first-order valence-electron chi connectivity index (χ1n) is 7.30. The van der Waals surface area contributed by atoms with Gasteiger partial charge in [-0.15, -0.1) is 23.7 Å². The van der Waals surface area contributed by atoms with Gasteiger partial charge in [0.1, 0.15) is 10.7 Å². The lowest BCUT2D eigenvalue weighted by molar-refractivity contribution is -0.138. The SMILES string of the molecule is CCCN(CC(=O)O)C(C)c1nc2sc(C)c(C)c2c(=O)[nH]1.Cl. The third-order valence-electron chi connectivity index (χ3n) is 3.85. The van der Waals surface area contributed by atoms with Crippen LogP contribution in [-0.4, -0.2) is 39.0 Å². The van der Waals surface area contributed by atoms with E-state index < -0.39 is 5.97 Å². The van der Waals surface area contributed by atoms with Crippen LogP contribution in [0.1, 0.15) is 42.6 Å². The molecular formula is C15H22ClN3O3S. The lowest BCUT2D eigenvalue weighted by Gasteiger charge is -2.26. The maximum Gasteiger partial charge on any atom is 0.317 e. The van der Waals surface area contributed by atoms with Crippen LogP contribution in [0.2, 0.25) is 0 Å². The molecule has 0 radical (unpaired) electrons. The minimum absolute atomic E-state index is 0. The highest BCUT2D eigenvalue weighted by Crippen LogP contribution is 2.27. The second-order valence-electron chi connectivity index (χ2n) is 5.45. The molecule has 0 bridgehead atoms. The minimum atomic E-state index is -0.883. The summed E-state index contributed by atoms with van der Waals surface area (Å²) in [4.78, 5) is 34.3. The van der Waals surface area contributed by atoms with E-state index in [-0.39, 0.29) is 30.6 Å². The molecule has 2 rings (SSSR count). The van der Waals surface area contributed by atoms with Crippen molar-refractivity contribution >= 4 is 39.9 Å². The lowest BCUT2D eigenvalue weighted by atomic mass is 10.2. The molecule has 2 N–H and O–H groups in total. The van der Waals surface area contributed by atoms with Gasteiger partial charge in [0.15, 0.2) is 0 Å². The lowest BCUT2D eigenvalue weighted by Crippen LogP contribution is -2.34. The third kappa shape index (κ3) is 4.10. The molecule has 0 spiro atoms. The first kappa shape index (κ1) is 19.6. The smallest absolute Gasteiger partial charge is 0.317 e. The quantitative estimate of drug-likeness (QED) is 0.828. The van der Waals surface area contributed by atoms with Crippen LogP contribution >= 0.6 is 23.7 Å². The summed E-state index contributed by atoms with van der Waals surface area (Å²) < 4.78 is 0. The Morgan fingerprint density at radius 1 is 1.43 bits per heavy atom. The molecule has 1 unspecified atom stereocenters. The molecule has 0 aromatic carbocycles.